The predicted molar refractivity (Wildman–Crippen MR) is 88.4 cm³/mol. The van der Waals surface area contributed by atoms with Gasteiger partial charge in [0.1, 0.15) is 11.9 Å². The molecule has 1 aliphatic heterocycles. The number of benzene rings is 2. The van der Waals surface area contributed by atoms with Crippen molar-refractivity contribution in [3.05, 3.63) is 90.0 Å². The number of Topliss-reactive ketones (excluding diaryl/α,β-unsaturated/α-hetero) is 1. The van der Waals surface area contributed by atoms with Gasteiger partial charge in [0.2, 0.25) is 0 Å². The maximum Gasteiger partial charge on any atom is 0.193 e. The minimum absolute atomic E-state index is 0.0135. The van der Waals surface area contributed by atoms with Crippen LogP contribution in [0.15, 0.2) is 78.9 Å². The normalized spacial score (nSPS) is 20.6. The van der Waals surface area contributed by atoms with E-state index in [1.807, 2.05) is 67.6 Å². The highest BCUT2D eigenvalue weighted by molar-refractivity contribution is 6.13. The number of carbonyl (C=O) groups is 1. The largest absolute Gasteiger partial charge is 0.485 e. The highest BCUT2D eigenvalue weighted by Gasteiger charge is 2.36. The lowest BCUT2D eigenvalue weighted by atomic mass is 9.89. The van der Waals surface area contributed by atoms with Gasteiger partial charge in [-0.05, 0) is 0 Å². The lowest BCUT2D eigenvalue weighted by molar-refractivity contribution is 0.102. The third-order valence-electron chi connectivity index (χ3n) is 4.00. The van der Waals surface area contributed by atoms with Crippen LogP contribution in [0, 0.1) is 5.92 Å². The summed E-state index contributed by atoms with van der Waals surface area (Å²) in [6.45, 7) is 5.84. The summed E-state index contributed by atoms with van der Waals surface area (Å²) in [6.07, 6.45) is 1.59. The number of ether oxygens (including phenoxy) is 1. The predicted octanol–water partition coefficient (Wildman–Crippen LogP) is 4.50. The average molecular weight is 290 g/mol. The number of carbonyl (C=O) groups excluding carboxylic acids is 1. The Bertz CT molecular complexity index is 714. The highest BCUT2D eigenvalue weighted by Crippen LogP contribution is 2.38. The second-order valence-electron chi connectivity index (χ2n) is 5.41. The molecule has 0 unspecified atom stereocenters. The Morgan fingerprint density at radius 1 is 1.05 bits per heavy atom. The molecule has 0 amide bonds. The Morgan fingerprint density at radius 2 is 1.64 bits per heavy atom. The molecule has 0 bridgehead atoms. The van der Waals surface area contributed by atoms with Crippen molar-refractivity contribution in [2.24, 2.45) is 5.92 Å². The van der Waals surface area contributed by atoms with Crippen molar-refractivity contribution in [2.75, 3.05) is 0 Å². The Kier molecular flexibility index (Phi) is 3.92. The van der Waals surface area contributed by atoms with Crippen LogP contribution in [0.2, 0.25) is 0 Å². The van der Waals surface area contributed by atoms with Crippen molar-refractivity contribution in [3.63, 3.8) is 0 Å². The minimum Gasteiger partial charge on any atom is -0.485 e. The fourth-order valence-electron chi connectivity index (χ4n) is 2.79. The molecule has 2 aromatic carbocycles. The number of rotatable bonds is 4. The molecule has 1 aliphatic rings. The maximum absolute atomic E-state index is 12.9. The Labute approximate surface area is 130 Å². The number of ketones is 1. The summed E-state index contributed by atoms with van der Waals surface area (Å²) < 4.78 is 6.00. The van der Waals surface area contributed by atoms with E-state index in [1.165, 1.54) is 0 Å². The van der Waals surface area contributed by atoms with Crippen LogP contribution in [-0.2, 0) is 4.74 Å². The summed E-state index contributed by atoms with van der Waals surface area (Å²) in [5, 5.41) is 0. The smallest absolute Gasteiger partial charge is 0.193 e. The van der Waals surface area contributed by atoms with Crippen LogP contribution in [0.4, 0.5) is 0 Å². The molecule has 0 aliphatic carbocycles. The fourth-order valence-corrected chi connectivity index (χ4v) is 2.79. The third-order valence-corrected chi connectivity index (χ3v) is 4.00. The van der Waals surface area contributed by atoms with Crippen LogP contribution in [0.5, 0.6) is 0 Å². The first-order valence-electron chi connectivity index (χ1n) is 7.41. The van der Waals surface area contributed by atoms with E-state index in [0.29, 0.717) is 11.3 Å². The molecule has 22 heavy (non-hydrogen) atoms. The summed E-state index contributed by atoms with van der Waals surface area (Å²) in [4.78, 5) is 12.9. The molecule has 0 saturated heterocycles. The standard InChI is InChI=1S/C20H18O2/c1-3-17-14(2)18(19(21)15-10-6-4-7-11-15)20(22-17)16-12-8-5-9-13-16/h3-14,17H,1H2,2H3/t14-,17-/m1/s1. The SMILES string of the molecule is C=C[C@H]1OC(c2ccccc2)=C(C(=O)c2ccccc2)[C@@H]1C. The molecule has 0 N–H and O–H groups in total. The molecular weight excluding hydrogens is 272 g/mol. The molecule has 2 atom stereocenters. The average Bonchev–Trinajstić information content (AvgIpc) is 2.92. The van der Waals surface area contributed by atoms with E-state index in [2.05, 4.69) is 6.58 Å². The zero-order chi connectivity index (χ0) is 15.5. The van der Waals surface area contributed by atoms with Gasteiger partial charge in [0.15, 0.2) is 5.78 Å². The third kappa shape index (κ3) is 2.48. The number of hydrogen-bond acceptors (Lipinski definition) is 2. The Balaban J connectivity index is 2.10. The second-order valence-corrected chi connectivity index (χ2v) is 5.41. The van der Waals surface area contributed by atoms with Crippen molar-refractivity contribution in [2.45, 2.75) is 13.0 Å². The van der Waals surface area contributed by atoms with Crippen LogP contribution in [0.25, 0.3) is 5.76 Å². The molecule has 2 heteroatoms. The van der Waals surface area contributed by atoms with Crippen molar-refractivity contribution >= 4 is 11.5 Å². The second kappa shape index (κ2) is 6.02. The summed E-state index contributed by atoms with van der Waals surface area (Å²) in [6, 6.07) is 19.1. The lowest BCUT2D eigenvalue weighted by Crippen LogP contribution is -2.16. The Morgan fingerprint density at radius 3 is 2.23 bits per heavy atom. The molecule has 0 aromatic heterocycles. The van der Waals surface area contributed by atoms with E-state index in [0.717, 1.165) is 11.1 Å². The van der Waals surface area contributed by atoms with Gasteiger partial charge in [-0.3, -0.25) is 4.79 Å². The van der Waals surface area contributed by atoms with Gasteiger partial charge < -0.3 is 4.74 Å². The Hall–Kier alpha value is -2.61. The van der Waals surface area contributed by atoms with Crippen molar-refractivity contribution in [1.82, 2.24) is 0 Å². The van der Waals surface area contributed by atoms with Gasteiger partial charge in [-0.15, -0.1) is 0 Å². The van der Waals surface area contributed by atoms with Gasteiger partial charge in [-0.25, -0.2) is 0 Å². The van der Waals surface area contributed by atoms with Gasteiger partial charge >= 0.3 is 0 Å². The molecule has 2 nitrogen and oxygen atoms in total. The molecule has 0 fully saturated rings. The van der Waals surface area contributed by atoms with Gasteiger partial charge in [-0.2, -0.15) is 0 Å². The maximum atomic E-state index is 12.9. The van der Waals surface area contributed by atoms with Gasteiger partial charge in [0.25, 0.3) is 0 Å². The van der Waals surface area contributed by atoms with Crippen molar-refractivity contribution in [1.29, 1.82) is 0 Å². The first-order valence-corrected chi connectivity index (χ1v) is 7.41. The van der Waals surface area contributed by atoms with E-state index >= 15 is 0 Å². The van der Waals surface area contributed by atoms with Crippen LogP contribution in [0.3, 0.4) is 0 Å². The topological polar surface area (TPSA) is 26.3 Å². The summed E-state index contributed by atoms with van der Waals surface area (Å²) >= 11 is 0. The molecule has 0 spiro atoms. The molecule has 2 aromatic rings. The first kappa shape index (κ1) is 14.3. The summed E-state index contributed by atoms with van der Waals surface area (Å²) in [5.74, 6) is 0.684. The van der Waals surface area contributed by atoms with Crippen molar-refractivity contribution < 1.29 is 9.53 Å². The molecule has 0 radical (unpaired) electrons. The van der Waals surface area contributed by atoms with Crippen molar-refractivity contribution in [3.8, 4) is 0 Å². The zero-order valence-corrected chi connectivity index (χ0v) is 12.5. The molecule has 3 rings (SSSR count). The molecule has 110 valence electrons. The van der Waals surface area contributed by atoms with E-state index in [9.17, 15) is 4.79 Å². The summed E-state index contributed by atoms with van der Waals surface area (Å²) in [5.41, 5.74) is 2.34. The quantitative estimate of drug-likeness (QED) is 0.612. The minimum atomic E-state index is -0.169. The lowest BCUT2D eigenvalue weighted by Gasteiger charge is -2.12. The highest BCUT2D eigenvalue weighted by atomic mass is 16.5. The monoisotopic (exact) mass is 290 g/mol. The van der Waals surface area contributed by atoms with Gasteiger partial charge in [0, 0.05) is 22.6 Å². The first-order chi connectivity index (χ1) is 10.7. The fraction of sp³-hybridized carbons (Fsp3) is 0.150. The van der Waals surface area contributed by atoms with E-state index in [1.54, 1.807) is 6.08 Å². The van der Waals surface area contributed by atoms with E-state index in [4.69, 9.17) is 4.74 Å². The zero-order valence-electron chi connectivity index (χ0n) is 12.5. The van der Waals surface area contributed by atoms with Crippen LogP contribution < -0.4 is 0 Å². The molecule has 1 heterocycles. The van der Waals surface area contributed by atoms with E-state index < -0.39 is 0 Å². The van der Waals surface area contributed by atoms with Crippen LogP contribution >= 0.6 is 0 Å². The van der Waals surface area contributed by atoms with Gasteiger partial charge in [0.05, 0.1) is 0 Å². The molecular formula is C20H18O2. The summed E-state index contributed by atoms with van der Waals surface area (Å²) in [7, 11) is 0. The molecule has 0 saturated carbocycles. The van der Waals surface area contributed by atoms with E-state index in [-0.39, 0.29) is 17.8 Å². The number of hydrogen-bond donors (Lipinski definition) is 0. The van der Waals surface area contributed by atoms with Crippen LogP contribution in [0.1, 0.15) is 22.8 Å². The van der Waals surface area contributed by atoms with Crippen LogP contribution in [-0.4, -0.2) is 11.9 Å². The van der Waals surface area contributed by atoms with Gasteiger partial charge in [-0.1, -0.05) is 80.2 Å².